The number of hydrogen-bond acceptors (Lipinski definition) is 3. The summed E-state index contributed by atoms with van der Waals surface area (Å²) in [7, 11) is 2.16. The first-order valence-electron chi connectivity index (χ1n) is 6.46. The van der Waals surface area contributed by atoms with Gasteiger partial charge in [-0.05, 0) is 38.9 Å². The van der Waals surface area contributed by atoms with Crippen LogP contribution in [0.5, 0.6) is 5.75 Å². The predicted molar refractivity (Wildman–Crippen MR) is 77.9 cm³/mol. The van der Waals surface area contributed by atoms with Gasteiger partial charge in [0.1, 0.15) is 11.9 Å². The Balaban J connectivity index is 2.10. The molecule has 0 amide bonds. The van der Waals surface area contributed by atoms with E-state index in [-0.39, 0.29) is 6.04 Å². The van der Waals surface area contributed by atoms with Crippen molar-refractivity contribution in [3.8, 4) is 5.75 Å². The van der Waals surface area contributed by atoms with Gasteiger partial charge in [-0.2, -0.15) is 0 Å². The molecule has 1 atom stereocenters. The summed E-state index contributed by atoms with van der Waals surface area (Å²) in [5.41, 5.74) is 7.07. The first kappa shape index (κ1) is 13.8. The number of nitrogens with two attached hydrogens (primary N) is 1. The Morgan fingerprint density at radius 2 is 2.06 bits per heavy atom. The summed E-state index contributed by atoms with van der Waals surface area (Å²) < 4.78 is 7.18. The normalized spacial score (nSPS) is 19.8. The highest BCUT2D eigenvalue weighted by atomic mass is 79.9. The van der Waals surface area contributed by atoms with E-state index in [1.54, 1.807) is 0 Å². The van der Waals surface area contributed by atoms with Crippen molar-refractivity contribution >= 4 is 15.9 Å². The fraction of sp³-hybridized carbons (Fsp3) is 0.571. The molecule has 0 radical (unpaired) electrons. The molecule has 1 saturated heterocycles. The Bertz CT molecular complexity index is 401. The lowest BCUT2D eigenvalue weighted by molar-refractivity contribution is 0.113. The number of halogens is 1. The summed E-state index contributed by atoms with van der Waals surface area (Å²) in [4.78, 5) is 2.34. The van der Waals surface area contributed by atoms with Gasteiger partial charge in [-0.1, -0.05) is 22.0 Å². The summed E-state index contributed by atoms with van der Waals surface area (Å²) in [5.74, 6) is 0.925. The van der Waals surface area contributed by atoms with Crippen LogP contribution in [0, 0.1) is 0 Å². The van der Waals surface area contributed by atoms with E-state index < -0.39 is 0 Å². The molecule has 100 valence electrons. The summed E-state index contributed by atoms with van der Waals surface area (Å²) in [6.45, 7) is 4.20. The van der Waals surface area contributed by atoms with Gasteiger partial charge in [0.25, 0.3) is 0 Å². The van der Waals surface area contributed by atoms with E-state index in [1.807, 2.05) is 25.1 Å². The molecular weight excluding hydrogens is 292 g/mol. The molecule has 2 rings (SSSR count). The molecule has 1 aliphatic rings. The highest BCUT2D eigenvalue weighted by Crippen LogP contribution is 2.29. The monoisotopic (exact) mass is 312 g/mol. The molecule has 4 heteroatoms. The lowest BCUT2D eigenvalue weighted by atomic mass is 10.1. The van der Waals surface area contributed by atoms with Crippen molar-refractivity contribution in [1.29, 1.82) is 0 Å². The van der Waals surface area contributed by atoms with Gasteiger partial charge in [0, 0.05) is 29.2 Å². The molecule has 0 saturated carbocycles. The smallest absolute Gasteiger partial charge is 0.125 e. The Labute approximate surface area is 117 Å². The van der Waals surface area contributed by atoms with Crippen LogP contribution in [0.3, 0.4) is 0 Å². The van der Waals surface area contributed by atoms with Crippen LogP contribution in [0.15, 0.2) is 22.7 Å². The molecule has 1 fully saturated rings. The Kier molecular flexibility index (Phi) is 4.65. The zero-order chi connectivity index (χ0) is 13.1. The molecule has 0 aliphatic carbocycles. The number of nitrogens with zero attached hydrogens (tertiary/aromatic N) is 1. The summed E-state index contributed by atoms with van der Waals surface area (Å²) in [6, 6.07) is 6.08. The number of ether oxygens (including phenoxy) is 1. The maximum absolute atomic E-state index is 6.14. The lowest BCUT2D eigenvalue weighted by Crippen LogP contribution is -2.35. The zero-order valence-electron chi connectivity index (χ0n) is 11.0. The van der Waals surface area contributed by atoms with Crippen molar-refractivity contribution in [2.24, 2.45) is 5.73 Å². The largest absolute Gasteiger partial charge is 0.490 e. The minimum absolute atomic E-state index is 0.000589. The van der Waals surface area contributed by atoms with Crippen LogP contribution in [0.25, 0.3) is 0 Å². The van der Waals surface area contributed by atoms with Crippen molar-refractivity contribution in [2.75, 3.05) is 20.1 Å². The molecule has 1 unspecified atom stereocenters. The molecule has 1 aromatic carbocycles. The number of likely N-dealkylation sites (tertiary alicyclic amines) is 1. The van der Waals surface area contributed by atoms with E-state index in [0.29, 0.717) is 6.10 Å². The van der Waals surface area contributed by atoms with E-state index >= 15 is 0 Å². The number of rotatable bonds is 3. The molecule has 1 aliphatic heterocycles. The molecule has 0 aromatic heterocycles. The van der Waals surface area contributed by atoms with Gasteiger partial charge >= 0.3 is 0 Å². The number of piperidine rings is 1. The molecular formula is C14H21BrN2O. The molecule has 0 spiro atoms. The first-order valence-corrected chi connectivity index (χ1v) is 7.26. The third-order valence-electron chi connectivity index (χ3n) is 3.43. The SMILES string of the molecule is CC(N)c1ccc(Br)cc1OC1CCN(C)CC1. The molecule has 0 bridgehead atoms. The number of hydrogen-bond donors (Lipinski definition) is 1. The van der Waals surface area contributed by atoms with Gasteiger partial charge in [-0.25, -0.2) is 0 Å². The van der Waals surface area contributed by atoms with Gasteiger partial charge in [0.05, 0.1) is 0 Å². The van der Waals surface area contributed by atoms with E-state index in [9.17, 15) is 0 Å². The second-order valence-corrected chi connectivity index (χ2v) is 6.01. The molecule has 2 N–H and O–H groups in total. The molecule has 1 heterocycles. The molecule has 18 heavy (non-hydrogen) atoms. The van der Waals surface area contributed by atoms with Gasteiger partial charge in [-0.15, -0.1) is 0 Å². The third-order valence-corrected chi connectivity index (χ3v) is 3.92. The fourth-order valence-corrected chi connectivity index (χ4v) is 2.61. The van der Waals surface area contributed by atoms with Crippen LogP contribution in [-0.4, -0.2) is 31.1 Å². The Morgan fingerprint density at radius 1 is 1.39 bits per heavy atom. The second-order valence-electron chi connectivity index (χ2n) is 5.09. The molecule has 3 nitrogen and oxygen atoms in total. The summed E-state index contributed by atoms with van der Waals surface area (Å²) in [5, 5.41) is 0. The average Bonchev–Trinajstić information content (AvgIpc) is 2.32. The van der Waals surface area contributed by atoms with E-state index in [1.165, 1.54) is 0 Å². The van der Waals surface area contributed by atoms with Crippen molar-refractivity contribution in [2.45, 2.75) is 31.9 Å². The predicted octanol–water partition coefficient (Wildman–Crippen LogP) is 2.94. The van der Waals surface area contributed by atoms with Gasteiger partial charge in [0.15, 0.2) is 0 Å². The minimum atomic E-state index is -0.000589. The van der Waals surface area contributed by atoms with Crippen LogP contribution in [0.1, 0.15) is 31.4 Å². The topological polar surface area (TPSA) is 38.5 Å². The van der Waals surface area contributed by atoms with Crippen LogP contribution in [0.2, 0.25) is 0 Å². The van der Waals surface area contributed by atoms with Crippen molar-refractivity contribution in [3.63, 3.8) is 0 Å². The Morgan fingerprint density at radius 3 is 2.67 bits per heavy atom. The van der Waals surface area contributed by atoms with Crippen molar-refractivity contribution < 1.29 is 4.74 Å². The standard InChI is InChI=1S/C14H21BrN2O/c1-10(16)13-4-3-11(15)9-14(13)18-12-5-7-17(2)8-6-12/h3-4,9-10,12H,5-8,16H2,1-2H3. The van der Waals surface area contributed by atoms with Crippen molar-refractivity contribution in [3.05, 3.63) is 28.2 Å². The average molecular weight is 313 g/mol. The van der Waals surface area contributed by atoms with Gasteiger partial charge in [0.2, 0.25) is 0 Å². The number of benzene rings is 1. The summed E-state index contributed by atoms with van der Waals surface area (Å²) in [6.07, 6.45) is 2.48. The van der Waals surface area contributed by atoms with Gasteiger partial charge < -0.3 is 15.4 Å². The maximum atomic E-state index is 6.14. The van der Waals surface area contributed by atoms with E-state index in [0.717, 1.165) is 41.7 Å². The van der Waals surface area contributed by atoms with Gasteiger partial charge in [-0.3, -0.25) is 0 Å². The first-order chi connectivity index (χ1) is 8.56. The Hall–Kier alpha value is -0.580. The highest BCUT2D eigenvalue weighted by Gasteiger charge is 2.20. The van der Waals surface area contributed by atoms with Crippen LogP contribution >= 0.6 is 15.9 Å². The van der Waals surface area contributed by atoms with Crippen molar-refractivity contribution in [1.82, 2.24) is 4.90 Å². The van der Waals surface area contributed by atoms with Crippen LogP contribution in [0.4, 0.5) is 0 Å². The van der Waals surface area contributed by atoms with Crippen LogP contribution < -0.4 is 10.5 Å². The third kappa shape index (κ3) is 3.46. The van der Waals surface area contributed by atoms with E-state index in [2.05, 4.69) is 27.9 Å². The maximum Gasteiger partial charge on any atom is 0.125 e. The van der Waals surface area contributed by atoms with Crippen LogP contribution in [-0.2, 0) is 0 Å². The minimum Gasteiger partial charge on any atom is -0.490 e. The summed E-state index contributed by atoms with van der Waals surface area (Å²) >= 11 is 3.49. The zero-order valence-corrected chi connectivity index (χ0v) is 12.6. The fourth-order valence-electron chi connectivity index (χ4n) is 2.27. The lowest BCUT2D eigenvalue weighted by Gasteiger charge is -2.30. The molecule has 1 aromatic rings. The second kappa shape index (κ2) is 6.04. The van der Waals surface area contributed by atoms with E-state index in [4.69, 9.17) is 10.5 Å². The quantitative estimate of drug-likeness (QED) is 0.932. The highest BCUT2D eigenvalue weighted by molar-refractivity contribution is 9.10.